The summed E-state index contributed by atoms with van der Waals surface area (Å²) >= 11 is 12.4. The molecule has 1 N–H and O–H groups in total. The molecule has 3 aromatic carbocycles. The molecule has 1 aliphatic heterocycles. The summed E-state index contributed by atoms with van der Waals surface area (Å²) in [5, 5.41) is 10.1. The molecule has 158 valence electrons. The molecule has 0 unspecified atom stereocenters. The first kappa shape index (κ1) is 21.1. The Bertz CT molecular complexity index is 1120. The van der Waals surface area contributed by atoms with Crippen LogP contribution in [0.3, 0.4) is 0 Å². The van der Waals surface area contributed by atoms with Crippen molar-refractivity contribution in [2.75, 3.05) is 6.79 Å². The van der Waals surface area contributed by atoms with Crippen molar-refractivity contribution in [2.45, 2.75) is 13.0 Å². The molecular formula is C24H18Cl2O5. The molecule has 0 bridgehead atoms. The van der Waals surface area contributed by atoms with Crippen LogP contribution in [0, 0.1) is 0 Å². The summed E-state index contributed by atoms with van der Waals surface area (Å²) in [7, 11) is 0. The molecule has 0 aromatic heterocycles. The van der Waals surface area contributed by atoms with E-state index in [0.717, 1.165) is 28.3 Å². The van der Waals surface area contributed by atoms with Crippen LogP contribution in [0.4, 0.5) is 0 Å². The van der Waals surface area contributed by atoms with Gasteiger partial charge in [0.2, 0.25) is 6.79 Å². The SMILES string of the molecule is O=C(O)C=Cc1ccc2c(c1Cc1ccc(OCc3c(Cl)cccc3Cl)cc1)OCO2. The molecule has 0 radical (unpaired) electrons. The average molecular weight is 457 g/mol. The third kappa shape index (κ3) is 4.95. The molecular weight excluding hydrogens is 439 g/mol. The number of ether oxygens (including phenoxy) is 3. The Kier molecular flexibility index (Phi) is 6.35. The van der Waals surface area contributed by atoms with Gasteiger partial charge in [-0.25, -0.2) is 4.79 Å². The molecule has 5 nitrogen and oxygen atoms in total. The van der Waals surface area contributed by atoms with E-state index in [1.54, 1.807) is 30.3 Å². The summed E-state index contributed by atoms with van der Waals surface area (Å²) in [5.74, 6) is 0.965. The zero-order chi connectivity index (χ0) is 21.8. The molecule has 3 aromatic rings. The van der Waals surface area contributed by atoms with Gasteiger partial charge in [0.15, 0.2) is 11.5 Å². The number of hydrogen-bond acceptors (Lipinski definition) is 4. The summed E-state index contributed by atoms with van der Waals surface area (Å²) in [6.07, 6.45) is 3.21. The molecule has 1 aliphatic rings. The number of aliphatic carboxylic acids is 1. The van der Waals surface area contributed by atoms with Crippen molar-refractivity contribution in [3.8, 4) is 17.2 Å². The van der Waals surface area contributed by atoms with Crippen LogP contribution < -0.4 is 14.2 Å². The number of carbonyl (C=O) groups is 1. The molecule has 1 heterocycles. The highest BCUT2D eigenvalue weighted by atomic mass is 35.5. The van der Waals surface area contributed by atoms with Crippen molar-refractivity contribution >= 4 is 35.2 Å². The number of rotatable bonds is 7. The predicted molar refractivity (Wildman–Crippen MR) is 119 cm³/mol. The summed E-state index contributed by atoms with van der Waals surface area (Å²) in [6.45, 7) is 0.408. The van der Waals surface area contributed by atoms with Crippen LogP contribution in [0.15, 0.2) is 60.7 Å². The third-order valence-electron chi connectivity index (χ3n) is 4.83. The predicted octanol–water partition coefficient (Wildman–Crippen LogP) is 5.99. The summed E-state index contributed by atoms with van der Waals surface area (Å²) < 4.78 is 16.9. The van der Waals surface area contributed by atoms with Crippen LogP contribution in [0.2, 0.25) is 10.0 Å². The van der Waals surface area contributed by atoms with Gasteiger partial charge in [0, 0.05) is 33.7 Å². The fourth-order valence-electron chi connectivity index (χ4n) is 3.28. The van der Waals surface area contributed by atoms with Crippen LogP contribution in [-0.4, -0.2) is 17.9 Å². The van der Waals surface area contributed by atoms with Crippen LogP contribution >= 0.6 is 23.2 Å². The summed E-state index contributed by atoms with van der Waals surface area (Å²) in [6, 6.07) is 16.6. The van der Waals surface area contributed by atoms with Gasteiger partial charge in [0.1, 0.15) is 12.4 Å². The van der Waals surface area contributed by atoms with E-state index in [0.29, 0.717) is 33.7 Å². The Morgan fingerprint density at radius 2 is 1.74 bits per heavy atom. The van der Waals surface area contributed by atoms with Crippen molar-refractivity contribution in [1.29, 1.82) is 0 Å². The molecule has 0 saturated heterocycles. The van der Waals surface area contributed by atoms with E-state index >= 15 is 0 Å². The van der Waals surface area contributed by atoms with Crippen LogP contribution in [0.25, 0.3) is 6.08 Å². The Balaban J connectivity index is 1.52. The van der Waals surface area contributed by atoms with E-state index < -0.39 is 5.97 Å². The number of carboxylic acid groups (broad SMARTS) is 1. The fraction of sp³-hybridized carbons (Fsp3) is 0.125. The van der Waals surface area contributed by atoms with Crippen molar-refractivity contribution in [2.24, 2.45) is 0 Å². The minimum Gasteiger partial charge on any atom is -0.489 e. The summed E-state index contributed by atoms with van der Waals surface area (Å²) in [5.41, 5.74) is 3.38. The van der Waals surface area contributed by atoms with Crippen LogP contribution in [-0.2, 0) is 17.8 Å². The lowest BCUT2D eigenvalue weighted by Gasteiger charge is -2.12. The van der Waals surface area contributed by atoms with Gasteiger partial charge < -0.3 is 19.3 Å². The van der Waals surface area contributed by atoms with Crippen LogP contribution in [0.1, 0.15) is 22.3 Å². The first-order valence-corrected chi connectivity index (χ1v) is 10.2. The maximum Gasteiger partial charge on any atom is 0.328 e. The maximum absolute atomic E-state index is 10.9. The molecule has 4 rings (SSSR count). The monoisotopic (exact) mass is 456 g/mol. The molecule has 0 amide bonds. The van der Waals surface area contributed by atoms with Gasteiger partial charge >= 0.3 is 5.97 Å². The topological polar surface area (TPSA) is 65.0 Å². The number of fused-ring (bicyclic) bond motifs is 1. The Morgan fingerprint density at radius 3 is 2.45 bits per heavy atom. The smallest absolute Gasteiger partial charge is 0.328 e. The lowest BCUT2D eigenvalue weighted by Crippen LogP contribution is -1.99. The molecule has 0 aliphatic carbocycles. The highest BCUT2D eigenvalue weighted by Crippen LogP contribution is 2.39. The quantitative estimate of drug-likeness (QED) is 0.442. The largest absolute Gasteiger partial charge is 0.489 e. The second-order valence-corrected chi connectivity index (χ2v) is 7.66. The average Bonchev–Trinajstić information content (AvgIpc) is 3.23. The van der Waals surface area contributed by atoms with Crippen LogP contribution in [0.5, 0.6) is 17.2 Å². The van der Waals surface area contributed by atoms with E-state index in [1.807, 2.05) is 30.3 Å². The second-order valence-electron chi connectivity index (χ2n) is 6.85. The molecule has 31 heavy (non-hydrogen) atoms. The van der Waals surface area contributed by atoms with Crippen molar-refractivity contribution < 1.29 is 24.1 Å². The molecule has 7 heteroatoms. The second kappa shape index (κ2) is 9.33. The highest BCUT2D eigenvalue weighted by Gasteiger charge is 2.20. The minimum absolute atomic E-state index is 0.145. The Hall–Kier alpha value is -3.15. The number of hydrogen-bond donors (Lipinski definition) is 1. The molecule has 0 atom stereocenters. The first-order valence-electron chi connectivity index (χ1n) is 9.48. The standard InChI is InChI=1S/C24H18Cl2O5/c25-20-2-1-3-21(26)19(20)13-29-17-8-4-15(5-9-17)12-18-16(7-11-23(27)28)6-10-22-24(18)31-14-30-22/h1-11H,12-14H2,(H,27,28). The zero-order valence-electron chi connectivity index (χ0n) is 16.3. The van der Waals surface area contributed by atoms with Crippen molar-refractivity contribution in [1.82, 2.24) is 0 Å². The Labute approximate surface area is 189 Å². The van der Waals surface area contributed by atoms with Gasteiger partial charge in [-0.15, -0.1) is 0 Å². The van der Waals surface area contributed by atoms with Crippen molar-refractivity contribution in [3.05, 3.63) is 93.0 Å². The lowest BCUT2D eigenvalue weighted by molar-refractivity contribution is -0.131. The van der Waals surface area contributed by atoms with Gasteiger partial charge in [-0.05, 0) is 47.5 Å². The summed E-state index contributed by atoms with van der Waals surface area (Å²) in [4.78, 5) is 10.9. The van der Waals surface area contributed by atoms with E-state index in [9.17, 15) is 4.79 Å². The minimum atomic E-state index is -1.01. The van der Waals surface area contributed by atoms with Gasteiger partial charge in [-0.1, -0.05) is 47.5 Å². The lowest BCUT2D eigenvalue weighted by atomic mass is 9.97. The zero-order valence-corrected chi connectivity index (χ0v) is 17.8. The number of halogens is 2. The van der Waals surface area contributed by atoms with E-state index in [2.05, 4.69) is 0 Å². The Morgan fingerprint density at radius 1 is 1.00 bits per heavy atom. The van der Waals surface area contributed by atoms with E-state index in [1.165, 1.54) is 0 Å². The molecule has 0 fully saturated rings. The van der Waals surface area contributed by atoms with Gasteiger partial charge in [-0.3, -0.25) is 0 Å². The van der Waals surface area contributed by atoms with Gasteiger partial charge in [0.25, 0.3) is 0 Å². The fourth-order valence-corrected chi connectivity index (χ4v) is 3.78. The van der Waals surface area contributed by atoms with Crippen molar-refractivity contribution in [3.63, 3.8) is 0 Å². The first-order chi connectivity index (χ1) is 15.0. The number of benzene rings is 3. The molecule has 0 spiro atoms. The van der Waals surface area contributed by atoms with Gasteiger partial charge in [0.05, 0.1) is 0 Å². The van der Waals surface area contributed by atoms with E-state index in [4.69, 9.17) is 42.5 Å². The van der Waals surface area contributed by atoms with Gasteiger partial charge in [-0.2, -0.15) is 0 Å². The number of carboxylic acids is 1. The maximum atomic E-state index is 10.9. The third-order valence-corrected chi connectivity index (χ3v) is 5.54. The normalized spacial score (nSPS) is 12.3. The van der Waals surface area contributed by atoms with E-state index in [-0.39, 0.29) is 13.4 Å². The highest BCUT2D eigenvalue weighted by molar-refractivity contribution is 6.35. The molecule has 0 saturated carbocycles.